The molecule has 1 aliphatic heterocycles. The van der Waals surface area contributed by atoms with Crippen LogP contribution in [0.25, 0.3) is 11.3 Å². The van der Waals surface area contributed by atoms with E-state index < -0.39 is 0 Å². The largest absolute Gasteiger partial charge is 0.465 e. The number of esters is 1. The second-order valence-corrected chi connectivity index (χ2v) is 5.27. The molecule has 0 amide bonds. The molecule has 1 aromatic carbocycles. The Kier molecular flexibility index (Phi) is 4.06. The Labute approximate surface area is 124 Å². The van der Waals surface area contributed by atoms with Crippen LogP contribution in [0.4, 0.5) is 0 Å². The maximum absolute atomic E-state index is 11.4. The Morgan fingerprint density at radius 2 is 2.00 bits per heavy atom. The second kappa shape index (κ2) is 6.14. The van der Waals surface area contributed by atoms with Crippen molar-refractivity contribution in [3.05, 3.63) is 47.7 Å². The third-order valence-electron chi connectivity index (χ3n) is 3.87. The average Bonchev–Trinajstić information content (AvgIpc) is 3.05. The van der Waals surface area contributed by atoms with Gasteiger partial charge in [0.15, 0.2) is 0 Å². The number of carbonyl (C=O) groups excluding carboxylic acids is 1. The molecule has 4 nitrogen and oxygen atoms in total. The van der Waals surface area contributed by atoms with Crippen molar-refractivity contribution in [1.82, 2.24) is 5.32 Å². The summed E-state index contributed by atoms with van der Waals surface area (Å²) in [7, 11) is 1.38. The van der Waals surface area contributed by atoms with Gasteiger partial charge >= 0.3 is 5.97 Å². The monoisotopic (exact) mass is 285 g/mol. The highest BCUT2D eigenvalue weighted by Crippen LogP contribution is 2.29. The van der Waals surface area contributed by atoms with Gasteiger partial charge in [-0.3, -0.25) is 0 Å². The Balaban J connectivity index is 1.77. The molecular weight excluding hydrogens is 266 g/mol. The smallest absolute Gasteiger partial charge is 0.337 e. The summed E-state index contributed by atoms with van der Waals surface area (Å²) in [5.41, 5.74) is 1.51. The van der Waals surface area contributed by atoms with E-state index in [1.165, 1.54) is 20.0 Å². The maximum atomic E-state index is 11.4. The van der Waals surface area contributed by atoms with Crippen LogP contribution < -0.4 is 5.32 Å². The molecule has 1 saturated heterocycles. The molecule has 110 valence electrons. The first kappa shape index (κ1) is 13.9. The lowest BCUT2D eigenvalue weighted by Crippen LogP contribution is -2.26. The van der Waals surface area contributed by atoms with Gasteiger partial charge in [-0.25, -0.2) is 4.79 Å². The van der Waals surface area contributed by atoms with Gasteiger partial charge in [-0.2, -0.15) is 0 Å². The van der Waals surface area contributed by atoms with Crippen molar-refractivity contribution in [2.45, 2.75) is 25.3 Å². The standard InChI is InChI=1S/C17H19NO3/c1-20-17(19)13-7-5-12(6-8-13)15-9-10-16(21-15)14-4-2-3-11-18-14/h5-10,14,18H,2-4,11H2,1H3/t14-/m1/s1. The van der Waals surface area contributed by atoms with E-state index in [0.717, 1.165) is 30.0 Å². The van der Waals surface area contributed by atoms with Crippen LogP contribution >= 0.6 is 0 Å². The van der Waals surface area contributed by atoms with Crippen molar-refractivity contribution in [2.75, 3.05) is 13.7 Å². The van der Waals surface area contributed by atoms with Crippen molar-refractivity contribution < 1.29 is 13.9 Å². The molecule has 2 heterocycles. The van der Waals surface area contributed by atoms with Gasteiger partial charge in [0, 0.05) is 5.56 Å². The van der Waals surface area contributed by atoms with Gasteiger partial charge in [-0.05, 0) is 43.7 Å². The number of benzene rings is 1. The molecule has 0 bridgehead atoms. The molecule has 4 heteroatoms. The molecular formula is C17H19NO3. The summed E-state index contributed by atoms with van der Waals surface area (Å²) in [5, 5.41) is 3.48. The van der Waals surface area contributed by atoms with E-state index in [1.807, 2.05) is 24.3 Å². The topological polar surface area (TPSA) is 51.5 Å². The summed E-state index contributed by atoms with van der Waals surface area (Å²) in [6.45, 7) is 1.05. The highest BCUT2D eigenvalue weighted by molar-refractivity contribution is 5.89. The predicted molar refractivity (Wildman–Crippen MR) is 80.1 cm³/mol. The summed E-state index contributed by atoms with van der Waals surface area (Å²) < 4.78 is 10.7. The molecule has 1 atom stereocenters. The van der Waals surface area contributed by atoms with Crippen LogP contribution in [0.3, 0.4) is 0 Å². The molecule has 2 aromatic rings. The van der Waals surface area contributed by atoms with Gasteiger partial charge < -0.3 is 14.5 Å². The van der Waals surface area contributed by atoms with E-state index in [1.54, 1.807) is 12.1 Å². The molecule has 0 unspecified atom stereocenters. The number of piperidine rings is 1. The molecule has 0 spiro atoms. The summed E-state index contributed by atoms with van der Waals surface area (Å²) >= 11 is 0. The van der Waals surface area contributed by atoms with Gasteiger partial charge in [0.1, 0.15) is 11.5 Å². The number of hydrogen-bond donors (Lipinski definition) is 1. The van der Waals surface area contributed by atoms with Crippen LogP contribution in [0.15, 0.2) is 40.8 Å². The summed E-state index contributed by atoms with van der Waals surface area (Å²) in [6, 6.07) is 11.6. The molecule has 21 heavy (non-hydrogen) atoms. The SMILES string of the molecule is COC(=O)c1ccc(-c2ccc([C@H]3CCCCN3)o2)cc1. The molecule has 1 N–H and O–H groups in total. The van der Waals surface area contributed by atoms with Crippen LogP contribution in [-0.2, 0) is 4.74 Å². The van der Waals surface area contributed by atoms with Crippen molar-refractivity contribution in [2.24, 2.45) is 0 Å². The summed E-state index contributed by atoms with van der Waals surface area (Å²) in [6.07, 6.45) is 3.59. The van der Waals surface area contributed by atoms with Crippen LogP contribution in [-0.4, -0.2) is 19.6 Å². The predicted octanol–water partition coefficient (Wildman–Crippen LogP) is 3.55. The minimum absolute atomic E-state index is 0.321. The number of hydrogen-bond acceptors (Lipinski definition) is 4. The molecule has 0 radical (unpaired) electrons. The molecule has 0 aliphatic carbocycles. The zero-order chi connectivity index (χ0) is 14.7. The van der Waals surface area contributed by atoms with Gasteiger partial charge in [-0.1, -0.05) is 18.6 Å². The number of rotatable bonds is 3. The molecule has 0 saturated carbocycles. The van der Waals surface area contributed by atoms with Crippen molar-refractivity contribution in [3.63, 3.8) is 0 Å². The van der Waals surface area contributed by atoms with Crippen molar-refractivity contribution >= 4 is 5.97 Å². The Morgan fingerprint density at radius 3 is 2.67 bits per heavy atom. The lowest BCUT2D eigenvalue weighted by molar-refractivity contribution is 0.0601. The number of ether oxygens (including phenoxy) is 1. The number of nitrogens with one attached hydrogen (secondary N) is 1. The normalized spacial score (nSPS) is 18.4. The van der Waals surface area contributed by atoms with E-state index >= 15 is 0 Å². The lowest BCUT2D eigenvalue weighted by Gasteiger charge is -2.21. The quantitative estimate of drug-likeness (QED) is 0.876. The van der Waals surface area contributed by atoms with E-state index in [9.17, 15) is 4.79 Å². The number of furan rings is 1. The van der Waals surface area contributed by atoms with E-state index in [-0.39, 0.29) is 5.97 Å². The van der Waals surface area contributed by atoms with Crippen LogP contribution in [0.1, 0.15) is 41.4 Å². The van der Waals surface area contributed by atoms with Gasteiger partial charge in [0.25, 0.3) is 0 Å². The lowest BCUT2D eigenvalue weighted by atomic mass is 10.0. The summed E-state index contributed by atoms with van der Waals surface area (Å²) in [4.78, 5) is 11.4. The first-order chi connectivity index (χ1) is 10.3. The zero-order valence-corrected chi connectivity index (χ0v) is 12.1. The first-order valence-electron chi connectivity index (χ1n) is 7.30. The fraction of sp³-hybridized carbons (Fsp3) is 0.353. The average molecular weight is 285 g/mol. The van der Waals surface area contributed by atoms with Crippen molar-refractivity contribution in [3.8, 4) is 11.3 Å². The molecule has 1 fully saturated rings. The van der Waals surface area contributed by atoms with Crippen molar-refractivity contribution in [1.29, 1.82) is 0 Å². The molecule has 1 aromatic heterocycles. The number of carbonyl (C=O) groups is 1. The highest BCUT2D eigenvalue weighted by atomic mass is 16.5. The third kappa shape index (κ3) is 3.00. The third-order valence-corrected chi connectivity index (χ3v) is 3.87. The second-order valence-electron chi connectivity index (χ2n) is 5.27. The van der Waals surface area contributed by atoms with Crippen LogP contribution in [0.5, 0.6) is 0 Å². The Bertz CT molecular complexity index is 609. The number of methoxy groups -OCH3 is 1. The van der Waals surface area contributed by atoms with Crippen LogP contribution in [0.2, 0.25) is 0 Å². The minimum atomic E-state index is -0.326. The molecule has 3 rings (SSSR count). The first-order valence-corrected chi connectivity index (χ1v) is 7.30. The fourth-order valence-electron chi connectivity index (χ4n) is 2.68. The molecule has 1 aliphatic rings. The fourth-order valence-corrected chi connectivity index (χ4v) is 2.68. The Hall–Kier alpha value is -2.07. The van der Waals surface area contributed by atoms with Crippen LogP contribution in [0, 0.1) is 0 Å². The van der Waals surface area contributed by atoms with E-state index in [0.29, 0.717) is 11.6 Å². The maximum Gasteiger partial charge on any atom is 0.337 e. The highest BCUT2D eigenvalue weighted by Gasteiger charge is 2.18. The zero-order valence-electron chi connectivity index (χ0n) is 12.1. The van der Waals surface area contributed by atoms with Gasteiger partial charge in [0.2, 0.25) is 0 Å². The minimum Gasteiger partial charge on any atom is -0.465 e. The Morgan fingerprint density at radius 1 is 1.19 bits per heavy atom. The summed E-state index contributed by atoms with van der Waals surface area (Å²) in [5.74, 6) is 1.49. The van der Waals surface area contributed by atoms with Gasteiger partial charge in [-0.15, -0.1) is 0 Å². The van der Waals surface area contributed by atoms with E-state index in [2.05, 4.69) is 5.32 Å². The van der Waals surface area contributed by atoms with Gasteiger partial charge in [0.05, 0.1) is 18.7 Å². The van der Waals surface area contributed by atoms with E-state index in [4.69, 9.17) is 9.15 Å².